The minimum Gasteiger partial charge on any atom is -0.359 e. The normalized spacial score (nSPS) is 21.7. The molecule has 1 saturated carbocycles. The van der Waals surface area contributed by atoms with Crippen molar-refractivity contribution in [2.45, 2.75) is 51.0 Å². The smallest absolute Gasteiger partial charge is 0.359 e. The summed E-state index contributed by atoms with van der Waals surface area (Å²) < 4.78 is 77.1. The summed E-state index contributed by atoms with van der Waals surface area (Å²) in [6.45, 7) is 2.03. The van der Waals surface area contributed by atoms with Gasteiger partial charge in [-0.15, -0.1) is 0 Å². The zero-order valence-electron chi connectivity index (χ0n) is 13.4. The summed E-state index contributed by atoms with van der Waals surface area (Å²) in [7, 11) is 0. The molecule has 1 aliphatic carbocycles. The number of rotatable bonds is 2. The quantitative estimate of drug-likeness (QED) is 0.514. The summed E-state index contributed by atoms with van der Waals surface area (Å²) in [5.41, 5.74) is -3.10. The number of anilines is 1. The van der Waals surface area contributed by atoms with Crippen molar-refractivity contribution in [3.8, 4) is 0 Å². The Hall–Kier alpha value is -1.51. The largest absolute Gasteiger partial charge is 0.416 e. The van der Waals surface area contributed by atoms with Gasteiger partial charge in [-0.25, -0.2) is 0 Å². The van der Waals surface area contributed by atoms with Crippen molar-refractivity contribution < 1.29 is 26.3 Å². The van der Waals surface area contributed by atoms with Crippen molar-refractivity contribution in [1.29, 1.82) is 0 Å². The van der Waals surface area contributed by atoms with Gasteiger partial charge in [0.1, 0.15) is 0 Å². The highest BCUT2D eigenvalue weighted by Gasteiger charge is 2.37. The summed E-state index contributed by atoms with van der Waals surface area (Å²) in [6, 6.07) is 1.38. The molecule has 1 aromatic rings. The third-order valence-corrected chi connectivity index (χ3v) is 4.49. The number of benzene rings is 1. The average Bonchev–Trinajstić information content (AvgIpc) is 2.47. The van der Waals surface area contributed by atoms with Gasteiger partial charge in [-0.2, -0.15) is 26.3 Å². The minimum absolute atomic E-state index is 0.0196. The first-order chi connectivity index (χ1) is 11.5. The van der Waals surface area contributed by atoms with Crippen LogP contribution in [0.5, 0.6) is 0 Å². The van der Waals surface area contributed by atoms with E-state index in [-0.39, 0.29) is 22.9 Å². The maximum absolute atomic E-state index is 12.9. The van der Waals surface area contributed by atoms with Gasteiger partial charge < -0.3 is 10.6 Å². The maximum atomic E-state index is 12.9. The predicted octanol–water partition coefficient (Wildman–Crippen LogP) is 5.59. The van der Waals surface area contributed by atoms with Crippen LogP contribution >= 0.6 is 12.2 Å². The highest BCUT2D eigenvalue weighted by Crippen LogP contribution is 2.37. The molecule has 0 spiro atoms. The Morgan fingerprint density at radius 1 is 0.960 bits per heavy atom. The molecular weight excluding hydrogens is 366 g/mol. The lowest BCUT2D eigenvalue weighted by Crippen LogP contribution is -2.43. The molecule has 0 amide bonds. The Balaban J connectivity index is 2.18. The van der Waals surface area contributed by atoms with Gasteiger partial charge in [0.05, 0.1) is 11.1 Å². The molecule has 9 heteroatoms. The topological polar surface area (TPSA) is 24.1 Å². The lowest BCUT2D eigenvalue weighted by atomic mass is 9.86. The van der Waals surface area contributed by atoms with E-state index in [9.17, 15) is 26.3 Å². The van der Waals surface area contributed by atoms with Gasteiger partial charge in [-0.3, -0.25) is 0 Å². The fourth-order valence-corrected chi connectivity index (χ4v) is 3.16. The highest BCUT2D eigenvalue weighted by atomic mass is 32.1. The number of hydrogen-bond acceptors (Lipinski definition) is 1. The maximum Gasteiger partial charge on any atom is 0.416 e. The molecule has 0 radical (unpaired) electrons. The second-order valence-electron chi connectivity index (χ2n) is 6.26. The molecule has 140 valence electrons. The molecule has 2 rings (SSSR count). The summed E-state index contributed by atoms with van der Waals surface area (Å²) in [5.74, 6) is 0.334. The van der Waals surface area contributed by atoms with Crippen LogP contribution in [0.2, 0.25) is 0 Å². The molecule has 2 N–H and O–H groups in total. The number of thiocarbonyl (C=S) groups is 1. The Morgan fingerprint density at radius 3 is 1.96 bits per heavy atom. The molecule has 1 aromatic carbocycles. The molecule has 2 atom stereocenters. The summed E-state index contributed by atoms with van der Waals surface area (Å²) in [4.78, 5) is 0. The van der Waals surface area contributed by atoms with Crippen LogP contribution in [0.1, 0.15) is 43.7 Å². The lowest BCUT2D eigenvalue weighted by molar-refractivity contribution is -0.143. The summed E-state index contributed by atoms with van der Waals surface area (Å²) in [6.07, 6.45) is -5.80. The molecule has 0 aromatic heterocycles. The van der Waals surface area contributed by atoms with Crippen LogP contribution in [-0.4, -0.2) is 11.2 Å². The van der Waals surface area contributed by atoms with Crippen molar-refractivity contribution in [3.05, 3.63) is 29.3 Å². The molecule has 1 fully saturated rings. The van der Waals surface area contributed by atoms with Crippen LogP contribution in [0.25, 0.3) is 0 Å². The van der Waals surface area contributed by atoms with Crippen LogP contribution in [0.15, 0.2) is 18.2 Å². The van der Waals surface area contributed by atoms with Crippen LogP contribution in [0.3, 0.4) is 0 Å². The fourth-order valence-electron chi connectivity index (χ4n) is 2.89. The SMILES string of the molecule is C[C@H]1CCCC[C@@H]1NC(=S)Nc1cc(C(F)(F)F)cc(C(F)(F)F)c1. The monoisotopic (exact) mass is 384 g/mol. The highest BCUT2D eigenvalue weighted by molar-refractivity contribution is 7.80. The molecule has 0 saturated heterocycles. The first-order valence-electron chi connectivity index (χ1n) is 7.84. The summed E-state index contributed by atoms with van der Waals surface area (Å²) in [5, 5.41) is 5.47. The van der Waals surface area contributed by atoms with Crippen molar-refractivity contribution in [2.75, 3.05) is 5.32 Å². The standard InChI is InChI=1S/C16H18F6N2S/c1-9-4-2-3-5-13(9)24-14(25)23-12-7-10(15(17,18)19)6-11(8-12)16(20,21)22/h6-9,13H,2-5H2,1H3,(H2,23,24,25)/t9-,13-/m0/s1. The van der Waals surface area contributed by atoms with Gasteiger partial charge in [0, 0.05) is 11.7 Å². The second-order valence-corrected chi connectivity index (χ2v) is 6.67. The van der Waals surface area contributed by atoms with Crippen molar-refractivity contribution in [3.63, 3.8) is 0 Å². The van der Waals surface area contributed by atoms with Crippen molar-refractivity contribution in [1.82, 2.24) is 5.32 Å². The molecule has 2 nitrogen and oxygen atoms in total. The number of alkyl halides is 6. The van der Waals surface area contributed by atoms with Gasteiger partial charge >= 0.3 is 12.4 Å². The van der Waals surface area contributed by atoms with Crippen LogP contribution in [-0.2, 0) is 12.4 Å². The van der Waals surface area contributed by atoms with Crippen molar-refractivity contribution >= 4 is 23.0 Å². The van der Waals surface area contributed by atoms with E-state index in [4.69, 9.17) is 12.2 Å². The third kappa shape index (κ3) is 5.49. The zero-order chi connectivity index (χ0) is 18.8. The average molecular weight is 384 g/mol. The first-order valence-corrected chi connectivity index (χ1v) is 8.24. The van der Waals surface area contributed by atoms with E-state index in [1.807, 2.05) is 6.92 Å². The van der Waals surface area contributed by atoms with Gasteiger partial charge in [0.2, 0.25) is 0 Å². The lowest BCUT2D eigenvalue weighted by Gasteiger charge is -2.30. The summed E-state index contributed by atoms with van der Waals surface area (Å²) >= 11 is 5.06. The van der Waals surface area contributed by atoms with Crippen LogP contribution in [0, 0.1) is 5.92 Å². The number of nitrogens with one attached hydrogen (secondary N) is 2. The molecule has 0 bridgehead atoms. The number of hydrogen-bond donors (Lipinski definition) is 2. The van der Waals surface area contributed by atoms with Gasteiger partial charge in [0.25, 0.3) is 0 Å². The van der Waals surface area contributed by atoms with E-state index in [1.54, 1.807) is 0 Å². The van der Waals surface area contributed by atoms with E-state index >= 15 is 0 Å². The van der Waals surface area contributed by atoms with Crippen LogP contribution in [0.4, 0.5) is 32.0 Å². The van der Waals surface area contributed by atoms with E-state index in [0.717, 1.165) is 25.7 Å². The van der Waals surface area contributed by atoms with Gasteiger partial charge in [-0.1, -0.05) is 19.8 Å². The fraction of sp³-hybridized carbons (Fsp3) is 0.562. The Labute approximate surface area is 147 Å². The van der Waals surface area contributed by atoms with Gasteiger partial charge in [0.15, 0.2) is 5.11 Å². The van der Waals surface area contributed by atoms with Crippen LogP contribution < -0.4 is 10.6 Å². The molecule has 0 unspecified atom stereocenters. The van der Waals surface area contributed by atoms with Crippen molar-refractivity contribution in [2.24, 2.45) is 5.92 Å². The molecular formula is C16H18F6N2S. The van der Waals surface area contributed by atoms with E-state index in [0.29, 0.717) is 18.1 Å². The number of halogens is 6. The second kappa shape index (κ2) is 7.39. The van der Waals surface area contributed by atoms with E-state index in [1.165, 1.54) is 0 Å². The predicted molar refractivity (Wildman–Crippen MR) is 87.2 cm³/mol. The molecule has 0 aliphatic heterocycles. The third-order valence-electron chi connectivity index (χ3n) is 4.27. The first kappa shape index (κ1) is 19.8. The zero-order valence-corrected chi connectivity index (χ0v) is 14.2. The molecule has 0 heterocycles. The molecule has 25 heavy (non-hydrogen) atoms. The Bertz CT molecular complexity index is 594. The van der Waals surface area contributed by atoms with E-state index < -0.39 is 23.5 Å². The van der Waals surface area contributed by atoms with E-state index in [2.05, 4.69) is 10.6 Å². The molecule has 1 aliphatic rings. The minimum atomic E-state index is -4.88. The van der Waals surface area contributed by atoms with Gasteiger partial charge in [-0.05, 0) is 49.2 Å². The Morgan fingerprint density at radius 2 is 1.48 bits per heavy atom. The Kier molecular flexibility index (Phi) is 5.86.